The Kier molecular flexibility index (Phi) is 2.76. The van der Waals surface area contributed by atoms with Crippen molar-refractivity contribution in [3.05, 3.63) is 54.2 Å². The number of nitrogens with zero attached hydrogens (tertiary/aromatic N) is 2. The maximum absolute atomic E-state index is 5.87. The first-order valence-electron chi connectivity index (χ1n) is 6.00. The van der Waals surface area contributed by atoms with Gasteiger partial charge in [0.05, 0.1) is 11.4 Å². The quantitative estimate of drug-likeness (QED) is 0.710. The second-order valence-electron chi connectivity index (χ2n) is 4.28. The third kappa shape index (κ3) is 2.08. The summed E-state index contributed by atoms with van der Waals surface area (Å²) < 4.78 is 5.78. The molecule has 0 unspecified atom stereocenters. The Hall–Kier alpha value is -2.62. The van der Waals surface area contributed by atoms with Gasteiger partial charge in [-0.2, -0.15) is 5.10 Å². The van der Waals surface area contributed by atoms with E-state index in [1.165, 1.54) is 0 Å². The Balaban J connectivity index is 2.12. The standard InChI is InChI=1S/C15H13N3O/c1-10-11-6-2-3-7-12(11)15(18-17-10)19-14-9-5-4-8-13(14)16/h2-9H,16H2,1H3. The van der Waals surface area contributed by atoms with Gasteiger partial charge in [-0.05, 0) is 25.1 Å². The van der Waals surface area contributed by atoms with Crippen LogP contribution in [0.1, 0.15) is 5.69 Å². The van der Waals surface area contributed by atoms with E-state index in [0.717, 1.165) is 16.5 Å². The third-order valence-corrected chi connectivity index (χ3v) is 2.96. The predicted molar refractivity (Wildman–Crippen MR) is 75.2 cm³/mol. The molecule has 0 saturated carbocycles. The first kappa shape index (κ1) is 11.5. The van der Waals surface area contributed by atoms with Crippen LogP contribution in [0.3, 0.4) is 0 Å². The Morgan fingerprint density at radius 1 is 0.895 bits per heavy atom. The number of benzene rings is 2. The highest BCUT2D eigenvalue weighted by Gasteiger charge is 2.09. The Morgan fingerprint density at radius 2 is 1.58 bits per heavy atom. The van der Waals surface area contributed by atoms with Crippen LogP contribution in [0.5, 0.6) is 11.6 Å². The molecule has 2 N–H and O–H groups in total. The molecule has 0 bridgehead atoms. The number of nitrogens with two attached hydrogens (primary N) is 1. The highest BCUT2D eigenvalue weighted by molar-refractivity contribution is 5.88. The maximum atomic E-state index is 5.87. The number of hydrogen-bond acceptors (Lipinski definition) is 4. The normalized spacial score (nSPS) is 10.6. The number of nitrogen functional groups attached to an aromatic ring is 1. The van der Waals surface area contributed by atoms with Crippen molar-refractivity contribution < 1.29 is 4.74 Å². The fourth-order valence-corrected chi connectivity index (χ4v) is 1.97. The number of aryl methyl sites for hydroxylation is 1. The first-order chi connectivity index (χ1) is 9.25. The zero-order valence-corrected chi connectivity index (χ0v) is 10.5. The molecule has 19 heavy (non-hydrogen) atoms. The van der Waals surface area contributed by atoms with Crippen LogP contribution in [-0.2, 0) is 0 Å². The van der Waals surface area contributed by atoms with E-state index in [4.69, 9.17) is 10.5 Å². The number of aromatic nitrogens is 2. The third-order valence-electron chi connectivity index (χ3n) is 2.96. The molecule has 3 rings (SSSR count). The van der Waals surface area contributed by atoms with Crippen LogP contribution >= 0.6 is 0 Å². The van der Waals surface area contributed by atoms with Gasteiger partial charge in [0.1, 0.15) is 0 Å². The lowest BCUT2D eigenvalue weighted by molar-refractivity contribution is 0.463. The summed E-state index contributed by atoms with van der Waals surface area (Å²) in [5.41, 5.74) is 7.33. The SMILES string of the molecule is Cc1nnc(Oc2ccccc2N)c2ccccc12. The van der Waals surface area contributed by atoms with Crippen LogP contribution in [0.25, 0.3) is 10.8 Å². The van der Waals surface area contributed by atoms with Crippen molar-refractivity contribution in [1.29, 1.82) is 0 Å². The first-order valence-corrected chi connectivity index (χ1v) is 6.00. The minimum absolute atomic E-state index is 0.471. The van der Waals surface area contributed by atoms with Crippen molar-refractivity contribution in [3.8, 4) is 11.6 Å². The molecule has 0 aliphatic carbocycles. The van der Waals surface area contributed by atoms with Crippen molar-refractivity contribution in [1.82, 2.24) is 10.2 Å². The van der Waals surface area contributed by atoms with E-state index in [-0.39, 0.29) is 0 Å². The van der Waals surface area contributed by atoms with Crippen LogP contribution in [-0.4, -0.2) is 10.2 Å². The van der Waals surface area contributed by atoms with Crippen molar-refractivity contribution in [3.63, 3.8) is 0 Å². The van der Waals surface area contributed by atoms with Crippen LogP contribution in [0, 0.1) is 6.92 Å². The molecule has 0 aliphatic heterocycles. The van der Waals surface area contributed by atoms with Crippen molar-refractivity contribution >= 4 is 16.5 Å². The highest BCUT2D eigenvalue weighted by atomic mass is 16.5. The highest BCUT2D eigenvalue weighted by Crippen LogP contribution is 2.30. The average molecular weight is 251 g/mol. The summed E-state index contributed by atoms with van der Waals surface area (Å²) in [4.78, 5) is 0. The summed E-state index contributed by atoms with van der Waals surface area (Å²) in [6.07, 6.45) is 0. The zero-order valence-electron chi connectivity index (χ0n) is 10.5. The molecular formula is C15H13N3O. The summed E-state index contributed by atoms with van der Waals surface area (Å²) in [6.45, 7) is 1.93. The van der Waals surface area contributed by atoms with Gasteiger partial charge in [0.2, 0.25) is 5.88 Å². The number of fused-ring (bicyclic) bond motifs is 1. The zero-order chi connectivity index (χ0) is 13.2. The van der Waals surface area contributed by atoms with Gasteiger partial charge in [-0.15, -0.1) is 5.10 Å². The molecule has 4 nitrogen and oxygen atoms in total. The molecule has 0 saturated heterocycles. The second kappa shape index (κ2) is 4.57. The van der Waals surface area contributed by atoms with E-state index in [0.29, 0.717) is 17.3 Å². The molecule has 0 aliphatic rings. The second-order valence-corrected chi connectivity index (χ2v) is 4.28. The van der Waals surface area contributed by atoms with Gasteiger partial charge in [-0.25, -0.2) is 0 Å². The Labute approximate surface area is 110 Å². The minimum Gasteiger partial charge on any atom is -0.435 e. The molecule has 0 amide bonds. The number of ether oxygens (including phenoxy) is 1. The van der Waals surface area contributed by atoms with Gasteiger partial charge < -0.3 is 10.5 Å². The topological polar surface area (TPSA) is 61.0 Å². The van der Waals surface area contributed by atoms with Gasteiger partial charge in [0, 0.05) is 10.8 Å². The molecule has 4 heteroatoms. The summed E-state index contributed by atoms with van der Waals surface area (Å²) in [6, 6.07) is 15.2. The maximum Gasteiger partial charge on any atom is 0.246 e. The fourth-order valence-electron chi connectivity index (χ4n) is 1.97. The van der Waals surface area contributed by atoms with Gasteiger partial charge in [0.15, 0.2) is 5.75 Å². The van der Waals surface area contributed by atoms with Crippen LogP contribution < -0.4 is 10.5 Å². The molecule has 0 spiro atoms. The molecule has 0 fully saturated rings. The minimum atomic E-state index is 0.471. The largest absolute Gasteiger partial charge is 0.435 e. The summed E-state index contributed by atoms with van der Waals surface area (Å²) in [5.74, 6) is 1.06. The number of para-hydroxylation sites is 2. The van der Waals surface area contributed by atoms with E-state index >= 15 is 0 Å². The van der Waals surface area contributed by atoms with Crippen LogP contribution in [0.2, 0.25) is 0 Å². The van der Waals surface area contributed by atoms with Crippen LogP contribution in [0.15, 0.2) is 48.5 Å². The van der Waals surface area contributed by atoms with Crippen LogP contribution in [0.4, 0.5) is 5.69 Å². The summed E-state index contributed by atoms with van der Waals surface area (Å²) >= 11 is 0. The molecule has 0 atom stereocenters. The van der Waals surface area contributed by atoms with E-state index in [2.05, 4.69) is 10.2 Å². The lowest BCUT2D eigenvalue weighted by Crippen LogP contribution is -1.97. The molecule has 3 aromatic rings. The number of hydrogen-bond donors (Lipinski definition) is 1. The van der Waals surface area contributed by atoms with E-state index < -0.39 is 0 Å². The molecule has 2 aromatic carbocycles. The average Bonchev–Trinajstić information content (AvgIpc) is 2.44. The number of anilines is 1. The summed E-state index contributed by atoms with van der Waals surface area (Å²) in [5, 5.41) is 10.2. The molecule has 1 aromatic heterocycles. The molecule has 94 valence electrons. The van der Waals surface area contributed by atoms with Crippen molar-refractivity contribution in [2.24, 2.45) is 0 Å². The monoisotopic (exact) mass is 251 g/mol. The van der Waals surface area contributed by atoms with E-state index in [1.807, 2.05) is 49.4 Å². The van der Waals surface area contributed by atoms with Crippen molar-refractivity contribution in [2.45, 2.75) is 6.92 Å². The van der Waals surface area contributed by atoms with Crippen molar-refractivity contribution in [2.75, 3.05) is 5.73 Å². The molecule has 1 heterocycles. The molecular weight excluding hydrogens is 238 g/mol. The lowest BCUT2D eigenvalue weighted by Gasteiger charge is -2.09. The van der Waals surface area contributed by atoms with E-state index in [9.17, 15) is 0 Å². The van der Waals surface area contributed by atoms with Gasteiger partial charge in [0.25, 0.3) is 0 Å². The van der Waals surface area contributed by atoms with E-state index in [1.54, 1.807) is 6.07 Å². The lowest BCUT2D eigenvalue weighted by atomic mass is 10.1. The summed E-state index contributed by atoms with van der Waals surface area (Å²) in [7, 11) is 0. The predicted octanol–water partition coefficient (Wildman–Crippen LogP) is 3.31. The van der Waals surface area contributed by atoms with Gasteiger partial charge in [-0.1, -0.05) is 30.3 Å². The Morgan fingerprint density at radius 3 is 2.37 bits per heavy atom. The van der Waals surface area contributed by atoms with Gasteiger partial charge >= 0.3 is 0 Å². The smallest absolute Gasteiger partial charge is 0.246 e. The number of rotatable bonds is 2. The fraction of sp³-hybridized carbons (Fsp3) is 0.0667. The molecule has 0 radical (unpaired) electrons. The Bertz CT molecular complexity index is 740. The van der Waals surface area contributed by atoms with Gasteiger partial charge in [-0.3, -0.25) is 0 Å².